The summed E-state index contributed by atoms with van der Waals surface area (Å²) in [6.07, 6.45) is 0. The van der Waals surface area contributed by atoms with Crippen molar-refractivity contribution < 1.29 is 23.6 Å². The largest absolute Gasteiger partial charge is 0.494 e. The van der Waals surface area contributed by atoms with Gasteiger partial charge in [-0.3, -0.25) is 25.5 Å². The van der Waals surface area contributed by atoms with Gasteiger partial charge in [-0.05, 0) is 82.5 Å². The third-order valence-electron chi connectivity index (χ3n) is 8.30. The molecule has 0 saturated carbocycles. The van der Waals surface area contributed by atoms with Gasteiger partial charge in [-0.25, -0.2) is 0 Å². The third kappa shape index (κ3) is 7.34. The minimum absolute atomic E-state index is 0.135. The number of benzodiazepines with no additional fused rings is 1. The molecule has 0 aromatic heterocycles. The van der Waals surface area contributed by atoms with Crippen molar-refractivity contribution in [1.82, 2.24) is 5.32 Å². The van der Waals surface area contributed by atoms with Gasteiger partial charge in [0.05, 0.1) is 42.4 Å². The van der Waals surface area contributed by atoms with E-state index < -0.39 is 18.3 Å². The normalized spacial score (nSPS) is 16.8. The number of benzene rings is 3. The number of nitrogens with one attached hydrogen (secondary N) is 3. The molecule has 0 spiro atoms. The second kappa shape index (κ2) is 13.8. The molecule has 0 atom stereocenters. The fraction of sp³-hybridized carbons (Fsp3) is 0.353. The minimum atomic E-state index is -0.475. The lowest BCUT2D eigenvalue weighted by atomic mass is 9.79. The van der Waals surface area contributed by atoms with Gasteiger partial charge in [0.25, 0.3) is 5.91 Å². The van der Waals surface area contributed by atoms with Crippen molar-refractivity contribution in [2.24, 2.45) is 4.99 Å². The van der Waals surface area contributed by atoms with Gasteiger partial charge in [-0.1, -0.05) is 35.9 Å². The van der Waals surface area contributed by atoms with E-state index in [9.17, 15) is 4.79 Å². The molecule has 2 aliphatic heterocycles. The highest BCUT2D eigenvalue weighted by Crippen LogP contribution is 2.36. The van der Waals surface area contributed by atoms with Gasteiger partial charge < -0.3 is 24.1 Å². The molecule has 240 valence electrons. The monoisotopic (exact) mass is 643 g/mol. The highest BCUT2D eigenvalue weighted by Gasteiger charge is 2.51. The summed E-state index contributed by atoms with van der Waals surface area (Å²) in [7, 11) is -0.475. The molecule has 1 fully saturated rings. The van der Waals surface area contributed by atoms with E-state index in [-0.39, 0.29) is 24.1 Å². The van der Waals surface area contributed by atoms with Crippen LogP contribution in [0.3, 0.4) is 0 Å². The van der Waals surface area contributed by atoms with E-state index in [2.05, 4.69) is 5.32 Å². The number of amidine groups is 2. The van der Waals surface area contributed by atoms with E-state index in [0.29, 0.717) is 54.1 Å². The average molecular weight is 644 g/mol. The van der Waals surface area contributed by atoms with Crippen molar-refractivity contribution in [3.05, 3.63) is 88.4 Å². The Balaban J connectivity index is 1.11. The molecular weight excluding hydrogens is 605 g/mol. The SMILES string of the molecule is CC(=N)N1C(=N)CN=C(c2ccc(Cl)cc2)c2cc(OCCOCCNC(=O)c3ccc(B4OC(C)(C)C(C)(C)O4)cc3)ccc21. The third-order valence-corrected chi connectivity index (χ3v) is 8.55. The Morgan fingerprint density at radius 1 is 1.00 bits per heavy atom. The molecule has 0 aliphatic carbocycles. The zero-order valence-electron chi connectivity index (χ0n) is 26.8. The summed E-state index contributed by atoms with van der Waals surface area (Å²) in [5.41, 5.74) is 3.54. The van der Waals surface area contributed by atoms with Gasteiger partial charge in [0, 0.05) is 28.3 Å². The first kappa shape index (κ1) is 33.3. The maximum atomic E-state index is 12.6. The first-order valence-corrected chi connectivity index (χ1v) is 15.6. The summed E-state index contributed by atoms with van der Waals surface area (Å²) in [5, 5.41) is 20.2. The van der Waals surface area contributed by atoms with E-state index in [0.717, 1.165) is 16.6 Å². The van der Waals surface area contributed by atoms with Gasteiger partial charge in [0.1, 0.15) is 24.0 Å². The summed E-state index contributed by atoms with van der Waals surface area (Å²) in [4.78, 5) is 18.9. The van der Waals surface area contributed by atoms with Crippen LogP contribution in [0.4, 0.5) is 5.69 Å². The van der Waals surface area contributed by atoms with Crippen LogP contribution in [0.5, 0.6) is 5.75 Å². The zero-order valence-corrected chi connectivity index (χ0v) is 27.5. The number of hydrogen-bond donors (Lipinski definition) is 3. The Labute approximate surface area is 275 Å². The van der Waals surface area contributed by atoms with Crippen LogP contribution in [0.25, 0.3) is 0 Å². The number of carbonyl (C=O) groups is 1. The zero-order chi connectivity index (χ0) is 33.1. The number of anilines is 1. The molecule has 10 nitrogen and oxygen atoms in total. The fourth-order valence-electron chi connectivity index (χ4n) is 5.11. The van der Waals surface area contributed by atoms with Crippen molar-refractivity contribution in [2.45, 2.75) is 45.8 Å². The number of amides is 1. The molecule has 3 aromatic carbocycles. The quantitative estimate of drug-likeness (QED) is 0.122. The number of ether oxygens (including phenoxy) is 2. The minimum Gasteiger partial charge on any atom is -0.491 e. The van der Waals surface area contributed by atoms with Crippen LogP contribution in [-0.4, -0.2) is 74.5 Å². The molecule has 0 bridgehead atoms. The second-order valence-corrected chi connectivity index (χ2v) is 12.6. The lowest BCUT2D eigenvalue weighted by Crippen LogP contribution is -2.41. The maximum Gasteiger partial charge on any atom is 0.494 e. The van der Waals surface area contributed by atoms with E-state index in [1.165, 1.54) is 0 Å². The van der Waals surface area contributed by atoms with Crippen molar-refractivity contribution >= 4 is 53.2 Å². The van der Waals surface area contributed by atoms with Gasteiger partial charge in [0.2, 0.25) is 0 Å². The maximum absolute atomic E-state index is 12.6. The molecule has 2 heterocycles. The molecule has 0 unspecified atom stereocenters. The molecule has 1 amide bonds. The number of halogens is 1. The summed E-state index contributed by atoms with van der Waals surface area (Å²) in [6.45, 7) is 11.1. The molecule has 3 N–H and O–H groups in total. The topological polar surface area (TPSA) is 129 Å². The number of rotatable bonds is 10. The van der Waals surface area contributed by atoms with Crippen molar-refractivity contribution in [2.75, 3.05) is 37.8 Å². The predicted octanol–water partition coefficient (Wildman–Crippen LogP) is 5.10. The predicted molar refractivity (Wildman–Crippen MR) is 183 cm³/mol. The number of fused-ring (bicyclic) bond motifs is 1. The highest BCUT2D eigenvalue weighted by molar-refractivity contribution is 6.62. The van der Waals surface area contributed by atoms with E-state index in [1.54, 1.807) is 36.1 Å². The van der Waals surface area contributed by atoms with Gasteiger partial charge in [-0.2, -0.15) is 0 Å². The standard InChI is InChI=1S/C34H39BClN5O5/c1-22(37)41-29-15-14-27(20-28(29)31(40-21-30(41)38)23-8-12-26(36)13-9-23)44-19-18-43-17-16-39-32(42)24-6-10-25(11-7-24)35-45-33(2,3)34(4,5)46-35/h6-15,20,37-38H,16-19,21H2,1-5H3,(H,39,42). The first-order chi connectivity index (χ1) is 21.9. The summed E-state index contributed by atoms with van der Waals surface area (Å²) < 4.78 is 23.8. The molecule has 2 aliphatic rings. The van der Waals surface area contributed by atoms with Crippen LogP contribution < -0.4 is 20.4 Å². The highest BCUT2D eigenvalue weighted by atomic mass is 35.5. The van der Waals surface area contributed by atoms with E-state index in [4.69, 9.17) is 46.2 Å². The number of hydrogen-bond acceptors (Lipinski definition) is 8. The Morgan fingerprint density at radius 2 is 1.67 bits per heavy atom. The fourth-order valence-corrected chi connectivity index (χ4v) is 5.24. The van der Waals surface area contributed by atoms with E-state index >= 15 is 0 Å². The average Bonchev–Trinajstić information content (AvgIpc) is 3.13. The van der Waals surface area contributed by atoms with Crippen LogP contribution in [0.2, 0.25) is 5.02 Å². The second-order valence-electron chi connectivity index (χ2n) is 12.1. The van der Waals surface area contributed by atoms with Crippen molar-refractivity contribution in [3.8, 4) is 5.75 Å². The van der Waals surface area contributed by atoms with E-state index in [1.807, 2.05) is 70.2 Å². The smallest absolute Gasteiger partial charge is 0.491 e. The van der Waals surface area contributed by atoms with Gasteiger partial charge >= 0.3 is 7.12 Å². The Bertz CT molecular complexity index is 1630. The Kier molecular flexibility index (Phi) is 9.98. The lowest BCUT2D eigenvalue weighted by molar-refractivity contribution is 0.00578. The molecule has 1 saturated heterocycles. The van der Waals surface area contributed by atoms with Crippen LogP contribution in [0.15, 0.2) is 71.7 Å². The summed E-state index contributed by atoms with van der Waals surface area (Å²) in [5.74, 6) is 0.861. The molecule has 3 aromatic rings. The van der Waals surface area contributed by atoms with Gasteiger partial charge in [-0.15, -0.1) is 0 Å². The Morgan fingerprint density at radius 3 is 2.33 bits per heavy atom. The van der Waals surface area contributed by atoms with Crippen molar-refractivity contribution in [3.63, 3.8) is 0 Å². The van der Waals surface area contributed by atoms with Crippen LogP contribution in [0.1, 0.15) is 56.1 Å². The first-order valence-electron chi connectivity index (χ1n) is 15.2. The van der Waals surface area contributed by atoms with Crippen molar-refractivity contribution in [1.29, 1.82) is 10.8 Å². The lowest BCUT2D eigenvalue weighted by Gasteiger charge is -2.32. The molecular formula is C34H39BClN5O5. The van der Waals surface area contributed by atoms with Crippen LogP contribution in [0, 0.1) is 10.8 Å². The number of carbonyl (C=O) groups excluding carboxylic acids is 1. The van der Waals surface area contributed by atoms with Crippen LogP contribution in [-0.2, 0) is 14.0 Å². The molecule has 5 rings (SSSR count). The number of aliphatic imine (C=N–C) groups is 1. The Hall–Kier alpha value is -4.03. The van der Waals surface area contributed by atoms with Gasteiger partial charge in [0.15, 0.2) is 0 Å². The van der Waals surface area contributed by atoms with Crippen LogP contribution >= 0.6 is 11.6 Å². The molecule has 0 radical (unpaired) electrons. The number of nitrogens with zero attached hydrogens (tertiary/aromatic N) is 2. The summed E-state index contributed by atoms with van der Waals surface area (Å²) >= 11 is 6.11. The molecule has 46 heavy (non-hydrogen) atoms. The summed E-state index contributed by atoms with van der Waals surface area (Å²) in [6, 6.07) is 20.1. The molecule has 12 heteroatoms.